The minimum atomic E-state index is -4.70. The normalized spacial score (nSPS) is 19.7. The van der Waals surface area contributed by atoms with E-state index in [1.165, 1.54) is 0 Å². The van der Waals surface area contributed by atoms with Crippen LogP contribution >= 0.6 is 0 Å². The molecule has 7 heteroatoms. The SMILES string of the molecule is O=C1CC(Cc2ccc(F)cc2C(F)(F)F)C(=O)N1. The van der Waals surface area contributed by atoms with Crippen molar-refractivity contribution in [2.75, 3.05) is 0 Å². The number of nitrogens with one attached hydrogen (secondary N) is 1. The summed E-state index contributed by atoms with van der Waals surface area (Å²) in [6, 6.07) is 2.29. The summed E-state index contributed by atoms with van der Waals surface area (Å²) in [6.45, 7) is 0. The number of amides is 2. The predicted molar refractivity (Wildman–Crippen MR) is 56.4 cm³/mol. The first-order valence-electron chi connectivity index (χ1n) is 5.46. The molecule has 1 unspecified atom stereocenters. The molecule has 1 N–H and O–H groups in total. The molecule has 0 radical (unpaired) electrons. The summed E-state index contributed by atoms with van der Waals surface area (Å²) < 4.78 is 51.1. The van der Waals surface area contributed by atoms with Crippen molar-refractivity contribution < 1.29 is 27.2 Å². The second kappa shape index (κ2) is 4.64. The Balaban J connectivity index is 2.30. The summed E-state index contributed by atoms with van der Waals surface area (Å²) in [5.74, 6) is -2.93. The van der Waals surface area contributed by atoms with Gasteiger partial charge in [0.25, 0.3) is 0 Å². The predicted octanol–water partition coefficient (Wildman–Crippen LogP) is 2.05. The highest BCUT2D eigenvalue weighted by Gasteiger charge is 2.37. The van der Waals surface area contributed by atoms with Crippen LogP contribution in [0, 0.1) is 11.7 Å². The minimum Gasteiger partial charge on any atom is -0.296 e. The van der Waals surface area contributed by atoms with Crippen LogP contribution in [0.2, 0.25) is 0 Å². The van der Waals surface area contributed by atoms with Gasteiger partial charge < -0.3 is 0 Å². The third-order valence-electron chi connectivity index (χ3n) is 2.91. The molecule has 1 atom stereocenters. The lowest BCUT2D eigenvalue weighted by molar-refractivity contribution is -0.138. The summed E-state index contributed by atoms with van der Waals surface area (Å²) >= 11 is 0. The van der Waals surface area contributed by atoms with Crippen LogP contribution < -0.4 is 5.32 Å². The van der Waals surface area contributed by atoms with Crippen LogP contribution in [0.3, 0.4) is 0 Å². The maximum Gasteiger partial charge on any atom is 0.416 e. The topological polar surface area (TPSA) is 46.2 Å². The van der Waals surface area contributed by atoms with Gasteiger partial charge in [0.2, 0.25) is 11.8 Å². The van der Waals surface area contributed by atoms with Gasteiger partial charge in [-0.2, -0.15) is 13.2 Å². The largest absolute Gasteiger partial charge is 0.416 e. The third-order valence-corrected chi connectivity index (χ3v) is 2.91. The number of halogens is 4. The Labute approximate surface area is 105 Å². The standard InChI is InChI=1S/C12H9F4NO2/c13-8-2-1-6(9(5-8)12(14,15)16)3-7-4-10(18)17-11(7)19/h1-2,5,7H,3-4H2,(H,17,18,19). The van der Waals surface area contributed by atoms with Crippen LogP contribution in [-0.2, 0) is 22.2 Å². The highest BCUT2D eigenvalue weighted by molar-refractivity contribution is 6.03. The molecular weight excluding hydrogens is 266 g/mol. The number of rotatable bonds is 2. The molecule has 1 aromatic rings. The van der Waals surface area contributed by atoms with Gasteiger partial charge in [-0.3, -0.25) is 14.9 Å². The highest BCUT2D eigenvalue weighted by Crippen LogP contribution is 2.34. The molecule has 0 saturated carbocycles. The molecule has 1 aromatic carbocycles. The van der Waals surface area contributed by atoms with Crippen molar-refractivity contribution in [1.29, 1.82) is 0 Å². The minimum absolute atomic E-state index is 0.145. The summed E-state index contributed by atoms with van der Waals surface area (Å²) in [4.78, 5) is 22.3. The average Bonchev–Trinajstić information content (AvgIpc) is 2.58. The lowest BCUT2D eigenvalue weighted by Crippen LogP contribution is -2.23. The molecule has 2 rings (SSSR count). The molecular formula is C12H9F4NO2. The maximum absolute atomic E-state index is 12.9. The number of hydrogen-bond donors (Lipinski definition) is 1. The van der Waals surface area contributed by atoms with Crippen LogP contribution in [-0.4, -0.2) is 11.8 Å². The van der Waals surface area contributed by atoms with E-state index < -0.39 is 35.3 Å². The van der Waals surface area contributed by atoms with Gasteiger partial charge in [0.05, 0.1) is 11.5 Å². The first-order chi connectivity index (χ1) is 8.77. The Morgan fingerprint density at radius 2 is 1.95 bits per heavy atom. The molecule has 3 nitrogen and oxygen atoms in total. The molecule has 19 heavy (non-hydrogen) atoms. The van der Waals surface area contributed by atoms with Crippen LogP contribution in [0.4, 0.5) is 17.6 Å². The maximum atomic E-state index is 12.9. The zero-order chi connectivity index (χ0) is 14.2. The van der Waals surface area contributed by atoms with E-state index in [0.29, 0.717) is 6.07 Å². The Kier molecular flexibility index (Phi) is 3.30. The fourth-order valence-electron chi connectivity index (χ4n) is 2.03. The fraction of sp³-hybridized carbons (Fsp3) is 0.333. The Bertz CT molecular complexity index is 539. The molecule has 102 valence electrons. The van der Waals surface area contributed by atoms with E-state index in [4.69, 9.17) is 0 Å². The van der Waals surface area contributed by atoms with Crippen LogP contribution in [0.15, 0.2) is 18.2 Å². The van der Waals surface area contributed by atoms with Crippen molar-refractivity contribution in [3.63, 3.8) is 0 Å². The molecule has 1 aliphatic heterocycles. The monoisotopic (exact) mass is 275 g/mol. The zero-order valence-corrected chi connectivity index (χ0v) is 9.55. The van der Waals surface area contributed by atoms with E-state index in [0.717, 1.165) is 12.1 Å². The number of imide groups is 1. The summed E-state index contributed by atoms with van der Waals surface area (Å²) in [7, 11) is 0. The van der Waals surface area contributed by atoms with Crippen molar-refractivity contribution >= 4 is 11.8 Å². The van der Waals surface area contributed by atoms with Crippen LogP contribution in [0.25, 0.3) is 0 Å². The molecule has 2 amide bonds. The van der Waals surface area contributed by atoms with E-state index in [9.17, 15) is 27.2 Å². The zero-order valence-electron chi connectivity index (χ0n) is 9.55. The number of carbonyl (C=O) groups is 2. The van der Waals surface area contributed by atoms with Gasteiger partial charge in [-0.05, 0) is 24.1 Å². The van der Waals surface area contributed by atoms with Crippen molar-refractivity contribution in [2.24, 2.45) is 5.92 Å². The Morgan fingerprint density at radius 3 is 2.47 bits per heavy atom. The van der Waals surface area contributed by atoms with Gasteiger partial charge in [0, 0.05) is 6.42 Å². The smallest absolute Gasteiger partial charge is 0.296 e. The fourth-order valence-corrected chi connectivity index (χ4v) is 2.03. The molecule has 1 saturated heterocycles. The summed E-state index contributed by atoms with van der Waals surface area (Å²) in [5.41, 5.74) is -1.30. The van der Waals surface area contributed by atoms with Crippen molar-refractivity contribution in [1.82, 2.24) is 5.32 Å². The third kappa shape index (κ3) is 2.91. The second-order valence-corrected chi connectivity index (χ2v) is 4.32. The molecule has 0 aromatic heterocycles. The van der Waals surface area contributed by atoms with E-state index in [-0.39, 0.29) is 18.4 Å². The Hall–Kier alpha value is -1.92. The summed E-state index contributed by atoms with van der Waals surface area (Å²) in [5, 5.41) is 2.02. The molecule has 1 fully saturated rings. The van der Waals surface area contributed by atoms with Crippen LogP contribution in [0.5, 0.6) is 0 Å². The van der Waals surface area contributed by atoms with Gasteiger partial charge in [-0.1, -0.05) is 6.07 Å². The first-order valence-corrected chi connectivity index (χ1v) is 5.46. The Morgan fingerprint density at radius 1 is 1.26 bits per heavy atom. The van der Waals surface area contributed by atoms with Crippen molar-refractivity contribution in [3.05, 3.63) is 35.1 Å². The van der Waals surface area contributed by atoms with Gasteiger partial charge in [-0.25, -0.2) is 4.39 Å². The van der Waals surface area contributed by atoms with Crippen LogP contribution in [0.1, 0.15) is 17.5 Å². The second-order valence-electron chi connectivity index (χ2n) is 4.32. The van der Waals surface area contributed by atoms with E-state index in [2.05, 4.69) is 0 Å². The lowest BCUT2D eigenvalue weighted by Gasteiger charge is -2.14. The molecule has 1 heterocycles. The lowest BCUT2D eigenvalue weighted by atomic mass is 9.94. The molecule has 0 bridgehead atoms. The summed E-state index contributed by atoms with van der Waals surface area (Å²) in [6.07, 6.45) is -5.09. The van der Waals surface area contributed by atoms with Gasteiger partial charge in [-0.15, -0.1) is 0 Å². The molecule has 1 aliphatic rings. The number of carbonyl (C=O) groups excluding carboxylic acids is 2. The number of hydrogen-bond acceptors (Lipinski definition) is 2. The number of alkyl halides is 3. The highest BCUT2D eigenvalue weighted by atomic mass is 19.4. The van der Waals surface area contributed by atoms with Crippen molar-refractivity contribution in [3.8, 4) is 0 Å². The quantitative estimate of drug-likeness (QED) is 0.663. The van der Waals surface area contributed by atoms with Gasteiger partial charge in [0.15, 0.2) is 0 Å². The number of benzene rings is 1. The molecule has 0 spiro atoms. The average molecular weight is 275 g/mol. The first kappa shape index (κ1) is 13.5. The van der Waals surface area contributed by atoms with E-state index >= 15 is 0 Å². The van der Waals surface area contributed by atoms with E-state index in [1.54, 1.807) is 0 Å². The van der Waals surface area contributed by atoms with E-state index in [1.807, 2.05) is 5.32 Å². The van der Waals surface area contributed by atoms with Gasteiger partial charge in [0.1, 0.15) is 5.82 Å². The molecule has 0 aliphatic carbocycles. The van der Waals surface area contributed by atoms with Crippen molar-refractivity contribution in [2.45, 2.75) is 19.0 Å². The van der Waals surface area contributed by atoms with Gasteiger partial charge >= 0.3 is 6.18 Å².